The molecule has 1 fully saturated rings. The number of fused-ring (bicyclic) bond motifs is 1. The van der Waals surface area contributed by atoms with Crippen molar-refractivity contribution in [3.8, 4) is 17.0 Å². The molecule has 1 aliphatic heterocycles. The van der Waals surface area contributed by atoms with E-state index in [-0.39, 0.29) is 24.0 Å². The highest BCUT2D eigenvalue weighted by molar-refractivity contribution is 5.76. The Hall–Kier alpha value is -3.13. The average Bonchev–Trinajstić information content (AvgIpc) is 3.46. The average molecular weight is 425 g/mol. The second-order valence-electron chi connectivity index (χ2n) is 7.90. The molecule has 1 amide bonds. The van der Waals surface area contributed by atoms with Crippen molar-refractivity contribution in [2.24, 2.45) is 7.05 Å². The SMILES string of the molecule is COc1cccc(-c2cc3n(C)c(C)c(CCC(=O)NCC4CCCO4)c(=O)n3n2)c1. The first-order valence-electron chi connectivity index (χ1n) is 10.6. The van der Waals surface area contributed by atoms with Crippen LogP contribution in [0.2, 0.25) is 0 Å². The van der Waals surface area contributed by atoms with E-state index >= 15 is 0 Å². The largest absolute Gasteiger partial charge is 0.497 e. The van der Waals surface area contributed by atoms with Gasteiger partial charge in [-0.2, -0.15) is 9.61 Å². The van der Waals surface area contributed by atoms with Gasteiger partial charge in [0.25, 0.3) is 5.56 Å². The van der Waals surface area contributed by atoms with E-state index in [0.717, 1.165) is 36.5 Å². The van der Waals surface area contributed by atoms with Crippen molar-refractivity contribution in [2.45, 2.75) is 38.7 Å². The molecule has 31 heavy (non-hydrogen) atoms. The summed E-state index contributed by atoms with van der Waals surface area (Å²) in [7, 11) is 3.52. The topological polar surface area (TPSA) is 86.9 Å². The minimum atomic E-state index is -0.188. The van der Waals surface area contributed by atoms with Gasteiger partial charge in [0.15, 0.2) is 0 Å². The van der Waals surface area contributed by atoms with Gasteiger partial charge in [-0.1, -0.05) is 12.1 Å². The second-order valence-corrected chi connectivity index (χ2v) is 7.90. The quantitative estimate of drug-likeness (QED) is 0.629. The van der Waals surface area contributed by atoms with E-state index in [0.29, 0.717) is 29.9 Å². The van der Waals surface area contributed by atoms with Crippen LogP contribution in [0.5, 0.6) is 5.75 Å². The molecule has 1 atom stereocenters. The fourth-order valence-corrected chi connectivity index (χ4v) is 3.99. The molecule has 0 bridgehead atoms. The van der Waals surface area contributed by atoms with E-state index in [2.05, 4.69) is 10.4 Å². The van der Waals surface area contributed by atoms with Crippen LogP contribution in [0, 0.1) is 6.92 Å². The molecule has 1 aliphatic rings. The summed E-state index contributed by atoms with van der Waals surface area (Å²) in [6, 6.07) is 9.47. The molecule has 164 valence electrons. The van der Waals surface area contributed by atoms with Crippen molar-refractivity contribution in [1.29, 1.82) is 0 Å². The normalized spacial score (nSPS) is 16.0. The molecule has 0 radical (unpaired) electrons. The number of amides is 1. The standard InChI is InChI=1S/C23H28N4O4/c1-15-19(9-10-21(28)24-14-18-8-5-11-31-18)23(29)27-22(26(15)2)13-20(25-27)16-6-4-7-17(12-16)30-3/h4,6-7,12-13,18H,5,8-11,14H2,1-3H3,(H,24,28). The third-order valence-corrected chi connectivity index (χ3v) is 5.94. The Morgan fingerprint density at radius 1 is 1.35 bits per heavy atom. The highest BCUT2D eigenvalue weighted by Crippen LogP contribution is 2.24. The Bertz CT molecular complexity index is 1160. The summed E-state index contributed by atoms with van der Waals surface area (Å²) >= 11 is 0. The lowest BCUT2D eigenvalue weighted by Gasteiger charge is -2.13. The minimum absolute atomic E-state index is 0.0745. The number of methoxy groups -OCH3 is 1. The summed E-state index contributed by atoms with van der Waals surface area (Å²) in [5, 5.41) is 7.46. The van der Waals surface area contributed by atoms with Crippen molar-refractivity contribution in [2.75, 3.05) is 20.3 Å². The molecule has 4 rings (SSSR count). The highest BCUT2D eigenvalue weighted by Gasteiger charge is 2.18. The zero-order valence-corrected chi connectivity index (χ0v) is 18.2. The van der Waals surface area contributed by atoms with Gasteiger partial charge in [-0.15, -0.1) is 0 Å². The van der Waals surface area contributed by atoms with Crippen molar-refractivity contribution in [1.82, 2.24) is 19.5 Å². The third-order valence-electron chi connectivity index (χ3n) is 5.94. The molecular formula is C23H28N4O4. The van der Waals surface area contributed by atoms with Gasteiger partial charge in [-0.3, -0.25) is 9.59 Å². The van der Waals surface area contributed by atoms with E-state index in [1.807, 2.05) is 48.9 Å². The summed E-state index contributed by atoms with van der Waals surface area (Å²) in [5.74, 6) is 0.654. The lowest BCUT2D eigenvalue weighted by molar-refractivity contribution is -0.121. The first kappa shape index (κ1) is 21.1. The molecule has 8 nitrogen and oxygen atoms in total. The number of benzene rings is 1. The van der Waals surface area contributed by atoms with E-state index in [1.54, 1.807) is 7.11 Å². The van der Waals surface area contributed by atoms with Gasteiger partial charge in [0.1, 0.15) is 11.4 Å². The van der Waals surface area contributed by atoms with Crippen molar-refractivity contribution >= 4 is 11.6 Å². The number of hydrogen-bond acceptors (Lipinski definition) is 5. The molecule has 0 saturated carbocycles. The van der Waals surface area contributed by atoms with Crippen molar-refractivity contribution < 1.29 is 14.3 Å². The lowest BCUT2D eigenvalue weighted by atomic mass is 10.1. The Labute approximate surface area is 180 Å². The Morgan fingerprint density at radius 3 is 2.94 bits per heavy atom. The molecule has 0 spiro atoms. The fourth-order valence-electron chi connectivity index (χ4n) is 3.99. The van der Waals surface area contributed by atoms with Crippen LogP contribution in [0.25, 0.3) is 16.9 Å². The maximum atomic E-state index is 13.2. The predicted octanol–water partition coefficient (Wildman–Crippen LogP) is 2.24. The van der Waals surface area contributed by atoms with Gasteiger partial charge < -0.3 is 19.4 Å². The Kier molecular flexibility index (Phi) is 6.08. The molecule has 8 heteroatoms. The van der Waals surface area contributed by atoms with Crippen LogP contribution >= 0.6 is 0 Å². The molecular weight excluding hydrogens is 396 g/mol. The van der Waals surface area contributed by atoms with Crippen LogP contribution in [0.3, 0.4) is 0 Å². The number of rotatable bonds is 7. The molecule has 1 unspecified atom stereocenters. The van der Waals surface area contributed by atoms with Gasteiger partial charge in [0, 0.05) is 49.5 Å². The summed E-state index contributed by atoms with van der Waals surface area (Å²) < 4.78 is 14.2. The fraction of sp³-hybridized carbons (Fsp3) is 0.435. The van der Waals surface area contributed by atoms with E-state index in [9.17, 15) is 9.59 Å². The van der Waals surface area contributed by atoms with E-state index < -0.39 is 0 Å². The number of carbonyl (C=O) groups excluding carboxylic acids is 1. The Morgan fingerprint density at radius 2 is 2.19 bits per heavy atom. The molecule has 1 aromatic carbocycles. The number of nitrogens with one attached hydrogen (secondary N) is 1. The first-order chi connectivity index (χ1) is 15.0. The summed E-state index contributed by atoms with van der Waals surface area (Å²) in [6.45, 7) is 3.19. The number of ether oxygens (including phenoxy) is 2. The van der Waals surface area contributed by atoms with E-state index in [4.69, 9.17) is 9.47 Å². The minimum Gasteiger partial charge on any atom is -0.497 e. The molecule has 3 aromatic rings. The summed E-state index contributed by atoms with van der Waals surface area (Å²) in [4.78, 5) is 25.4. The van der Waals surface area contributed by atoms with Gasteiger partial charge in [-0.25, -0.2) is 0 Å². The van der Waals surface area contributed by atoms with Gasteiger partial charge in [0.2, 0.25) is 5.91 Å². The van der Waals surface area contributed by atoms with Crippen LogP contribution in [-0.4, -0.2) is 46.5 Å². The van der Waals surface area contributed by atoms with E-state index in [1.165, 1.54) is 4.52 Å². The van der Waals surface area contributed by atoms with Gasteiger partial charge in [0.05, 0.1) is 18.9 Å². The van der Waals surface area contributed by atoms with Gasteiger partial charge >= 0.3 is 0 Å². The second kappa shape index (κ2) is 8.93. The predicted molar refractivity (Wildman–Crippen MR) is 117 cm³/mol. The van der Waals surface area contributed by atoms with Crippen LogP contribution in [-0.2, 0) is 23.0 Å². The summed E-state index contributed by atoms with van der Waals surface area (Å²) in [5.41, 5.74) is 3.51. The molecule has 2 aromatic heterocycles. The van der Waals surface area contributed by atoms with Crippen LogP contribution < -0.4 is 15.6 Å². The maximum Gasteiger partial charge on any atom is 0.277 e. The zero-order chi connectivity index (χ0) is 22.0. The van der Waals surface area contributed by atoms with Crippen LogP contribution in [0.4, 0.5) is 0 Å². The van der Waals surface area contributed by atoms with Crippen molar-refractivity contribution in [3.05, 3.63) is 51.9 Å². The number of carbonyl (C=O) groups is 1. The van der Waals surface area contributed by atoms with Crippen LogP contribution in [0.1, 0.15) is 30.5 Å². The number of nitrogens with zero attached hydrogens (tertiary/aromatic N) is 3. The first-order valence-corrected chi connectivity index (χ1v) is 10.6. The lowest BCUT2D eigenvalue weighted by Crippen LogP contribution is -2.32. The van der Waals surface area contributed by atoms with Crippen LogP contribution in [0.15, 0.2) is 35.1 Å². The number of aromatic nitrogens is 3. The molecule has 3 heterocycles. The third kappa shape index (κ3) is 4.34. The molecule has 1 N–H and O–H groups in total. The monoisotopic (exact) mass is 424 g/mol. The zero-order valence-electron chi connectivity index (χ0n) is 18.2. The number of hydrogen-bond donors (Lipinski definition) is 1. The smallest absolute Gasteiger partial charge is 0.277 e. The summed E-state index contributed by atoms with van der Waals surface area (Å²) in [6.07, 6.45) is 2.73. The molecule has 1 saturated heterocycles. The Balaban J connectivity index is 1.56. The number of aryl methyl sites for hydroxylation is 1. The highest BCUT2D eigenvalue weighted by atomic mass is 16.5. The van der Waals surface area contributed by atoms with Crippen molar-refractivity contribution in [3.63, 3.8) is 0 Å². The molecule has 0 aliphatic carbocycles. The van der Waals surface area contributed by atoms with Gasteiger partial charge in [-0.05, 0) is 38.3 Å². The maximum absolute atomic E-state index is 13.2.